The Kier molecular flexibility index (Phi) is 7.92. The molecule has 0 aliphatic carbocycles. The first-order valence-electron chi connectivity index (χ1n) is 9.00. The number of nitrogens with zero attached hydrogens (tertiary/aromatic N) is 1. The topological polar surface area (TPSA) is 117 Å². The lowest BCUT2D eigenvalue weighted by atomic mass is 10.1. The molecular weight excluding hydrogens is 392 g/mol. The molecule has 0 fully saturated rings. The van der Waals surface area contributed by atoms with Crippen LogP contribution in [-0.2, 0) is 20.7 Å². The van der Waals surface area contributed by atoms with Gasteiger partial charge in [-0.1, -0.05) is 24.3 Å². The highest BCUT2D eigenvalue weighted by molar-refractivity contribution is 5.96. The van der Waals surface area contributed by atoms with E-state index in [1.54, 1.807) is 24.3 Å². The lowest BCUT2D eigenvalue weighted by Gasteiger charge is -2.15. The maximum Gasteiger partial charge on any atom is 0.344 e. The van der Waals surface area contributed by atoms with Crippen molar-refractivity contribution in [1.29, 1.82) is 0 Å². The van der Waals surface area contributed by atoms with Crippen LogP contribution in [0.1, 0.15) is 12.5 Å². The number of anilines is 1. The number of nitro benzene ring substituents is 1. The largest absolute Gasteiger partial charge is 0.493 e. The van der Waals surface area contributed by atoms with Crippen molar-refractivity contribution in [2.75, 3.05) is 19.0 Å². The monoisotopic (exact) mass is 414 g/mol. The Bertz CT molecular complexity index is 943. The molecule has 0 aliphatic rings. The second-order valence-electron chi connectivity index (χ2n) is 6.16. The summed E-state index contributed by atoms with van der Waals surface area (Å²) < 4.78 is 15.7. The predicted octanol–water partition coefficient (Wildman–Crippen LogP) is 3.28. The molecule has 2 rings (SSSR count). The van der Waals surface area contributed by atoms with Gasteiger partial charge in [-0.05, 0) is 37.1 Å². The minimum atomic E-state index is -1.18. The van der Waals surface area contributed by atoms with Crippen molar-refractivity contribution >= 4 is 23.3 Å². The number of methoxy groups -OCH3 is 1. The Labute approximate surface area is 173 Å². The fraction of sp³-hybridized carbons (Fsp3) is 0.238. The van der Waals surface area contributed by atoms with Crippen LogP contribution in [0.5, 0.6) is 11.5 Å². The van der Waals surface area contributed by atoms with Crippen molar-refractivity contribution in [1.82, 2.24) is 0 Å². The number of nitrogens with one attached hydrogen (secondary N) is 1. The van der Waals surface area contributed by atoms with Gasteiger partial charge in [-0.2, -0.15) is 0 Å². The van der Waals surface area contributed by atoms with Gasteiger partial charge in [0.05, 0.1) is 12.0 Å². The van der Waals surface area contributed by atoms with E-state index in [1.807, 2.05) is 6.07 Å². The molecule has 0 spiro atoms. The molecule has 0 radical (unpaired) electrons. The second-order valence-corrected chi connectivity index (χ2v) is 6.16. The summed E-state index contributed by atoms with van der Waals surface area (Å²) in [7, 11) is 1.48. The lowest BCUT2D eigenvalue weighted by Crippen LogP contribution is -2.31. The molecule has 2 aromatic rings. The van der Waals surface area contributed by atoms with Crippen LogP contribution in [0.2, 0.25) is 0 Å². The number of ether oxygens (including phenoxy) is 3. The summed E-state index contributed by atoms with van der Waals surface area (Å²) in [6.45, 7) is 4.59. The summed E-state index contributed by atoms with van der Waals surface area (Å²) in [4.78, 5) is 34.7. The number of benzene rings is 2. The Hall–Kier alpha value is -3.88. The van der Waals surface area contributed by atoms with Gasteiger partial charge < -0.3 is 19.5 Å². The van der Waals surface area contributed by atoms with Crippen molar-refractivity contribution in [2.24, 2.45) is 0 Å². The summed E-state index contributed by atoms with van der Waals surface area (Å²) in [5.41, 5.74) is 0.716. The van der Waals surface area contributed by atoms with Gasteiger partial charge in [0.2, 0.25) is 0 Å². The SMILES string of the molecule is C=CCc1ccc(OCC(=O)O[C@H](C)C(=O)Nc2ccccc2[N+](=O)[O-])c(OC)c1. The molecule has 0 aliphatic heterocycles. The van der Waals surface area contributed by atoms with E-state index in [2.05, 4.69) is 11.9 Å². The van der Waals surface area contributed by atoms with Crippen molar-refractivity contribution in [3.05, 3.63) is 70.8 Å². The van der Waals surface area contributed by atoms with Gasteiger partial charge in [-0.15, -0.1) is 6.58 Å². The maximum atomic E-state index is 12.2. The molecule has 1 N–H and O–H groups in total. The molecule has 0 aromatic heterocycles. The van der Waals surface area contributed by atoms with Crippen LogP contribution in [0.25, 0.3) is 0 Å². The van der Waals surface area contributed by atoms with Gasteiger partial charge in [0.25, 0.3) is 11.6 Å². The number of nitro groups is 1. The van der Waals surface area contributed by atoms with Crippen molar-refractivity contribution in [3.63, 3.8) is 0 Å². The first-order valence-corrected chi connectivity index (χ1v) is 9.00. The Balaban J connectivity index is 1.92. The first-order chi connectivity index (χ1) is 14.3. The zero-order valence-corrected chi connectivity index (χ0v) is 16.6. The summed E-state index contributed by atoms with van der Waals surface area (Å²) in [6.07, 6.45) is 1.23. The third-order valence-electron chi connectivity index (χ3n) is 3.99. The molecule has 0 bridgehead atoms. The van der Waals surface area contributed by atoms with Crippen molar-refractivity contribution < 1.29 is 28.7 Å². The van der Waals surface area contributed by atoms with Crippen LogP contribution < -0.4 is 14.8 Å². The standard InChI is InChI=1S/C21H22N2O7/c1-4-7-15-10-11-18(19(12-15)28-3)29-13-20(24)30-14(2)21(25)22-16-8-5-6-9-17(16)23(26)27/h4-6,8-12,14H,1,7,13H2,2-3H3,(H,22,25)/t14-/m1/s1. The fourth-order valence-corrected chi connectivity index (χ4v) is 2.52. The van der Waals surface area contributed by atoms with E-state index in [9.17, 15) is 19.7 Å². The molecule has 2 aromatic carbocycles. The number of esters is 1. The van der Waals surface area contributed by atoms with Crippen LogP contribution in [0.4, 0.5) is 11.4 Å². The van der Waals surface area contributed by atoms with E-state index in [0.29, 0.717) is 17.9 Å². The number of allylic oxidation sites excluding steroid dienone is 1. The second kappa shape index (κ2) is 10.6. The molecule has 1 amide bonds. The number of hydrogen-bond donors (Lipinski definition) is 1. The molecule has 9 nitrogen and oxygen atoms in total. The van der Waals surface area contributed by atoms with E-state index < -0.39 is 29.5 Å². The number of carbonyl (C=O) groups excluding carboxylic acids is 2. The number of amides is 1. The highest BCUT2D eigenvalue weighted by Crippen LogP contribution is 2.28. The summed E-state index contributed by atoms with van der Waals surface area (Å²) >= 11 is 0. The first kappa shape index (κ1) is 22.4. The zero-order valence-electron chi connectivity index (χ0n) is 16.6. The highest BCUT2D eigenvalue weighted by atomic mass is 16.6. The van der Waals surface area contributed by atoms with Crippen molar-refractivity contribution in [2.45, 2.75) is 19.4 Å². The lowest BCUT2D eigenvalue weighted by molar-refractivity contribution is -0.383. The normalized spacial score (nSPS) is 11.1. The van der Waals surface area contributed by atoms with E-state index in [-0.39, 0.29) is 11.4 Å². The molecule has 0 saturated heterocycles. The molecular formula is C21H22N2O7. The predicted molar refractivity (Wildman–Crippen MR) is 110 cm³/mol. The number of carbonyl (C=O) groups is 2. The van der Waals surface area contributed by atoms with E-state index in [0.717, 1.165) is 5.56 Å². The zero-order chi connectivity index (χ0) is 22.1. The van der Waals surface area contributed by atoms with E-state index in [1.165, 1.54) is 32.2 Å². The molecule has 158 valence electrons. The summed E-state index contributed by atoms with van der Waals surface area (Å²) in [5.74, 6) is -0.690. The van der Waals surface area contributed by atoms with Gasteiger partial charge in [-0.3, -0.25) is 14.9 Å². The van der Waals surface area contributed by atoms with E-state index >= 15 is 0 Å². The highest BCUT2D eigenvalue weighted by Gasteiger charge is 2.22. The molecule has 0 saturated carbocycles. The third kappa shape index (κ3) is 6.06. The Morgan fingerprint density at radius 2 is 1.97 bits per heavy atom. The van der Waals surface area contributed by atoms with Gasteiger partial charge in [0.15, 0.2) is 24.2 Å². The molecule has 30 heavy (non-hydrogen) atoms. The van der Waals surface area contributed by atoms with Gasteiger partial charge in [-0.25, -0.2) is 4.79 Å². The van der Waals surface area contributed by atoms with Crippen LogP contribution in [0.15, 0.2) is 55.1 Å². The summed E-state index contributed by atoms with van der Waals surface area (Å²) in [5, 5.41) is 13.4. The maximum absolute atomic E-state index is 12.2. The minimum Gasteiger partial charge on any atom is -0.493 e. The van der Waals surface area contributed by atoms with Crippen molar-refractivity contribution in [3.8, 4) is 11.5 Å². The van der Waals surface area contributed by atoms with Crippen LogP contribution in [-0.4, -0.2) is 36.6 Å². The van der Waals surface area contributed by atoms with Gasteiger partial charge in [0, 0.05) is 6.07 Å². The number of hydrogen-bond acceptors (Lipinski definition) is 7. The number of para-hydroxylation sites is 2. The average molecular weight is 414 g/mol. The molecule has 9 heteroatoms. The average Bonchev–Trinajstić information content (AvgIpc) is 2.73. The molecule has 0 heterocycles. The molecule has 0 unspecified atom stereocenters. The van der Waals surface area contributed by atoms with Crippen LogP contribution in [0, 0.1) is 10.1 Å². The number of rotatable bonds is 10. The quantitative estimate of drug-likeness (QED) is 0.274. The minimum absolute atomic E-state index is 0.0102. The summed E-state index contributed by atoms with van der Waals surface area (Å²) in [6, 6.07) is 10.9. The Morgan fingerprint density at radius 1 is 1.23 bits per heavy atom. The van der Waals surface area contributed by atoms with Gasteiger partial charge in [0.1, 0.15) is 5.69 Å². The van der Waals surface area contributed by atoms with Crippen LogP contribution in [0.3, 0.4) is 0 Å². The molecule has 1 atom stereocenters. The fourth-order valence-electron chi connectivity index (χ4n) is 2.52. The van der Waals surface area contributed by atoms with Crippen LogP contribution >= 0.6 is 0 Å². The van der Waals surface area contributed by atoms with Gasteiger partial charge >= 0.3 is 5.97 Å². The van der Waals surface area contributed by atoms with E-state index in [4.69, 9.17) is 14.2 Å². The third-order valence-corrected chi connectivity index (χ3v) is 3.99. The Morgan fingerprint density at radius 3 is 2.63 bits per heavy atom. The smallest absolute Gasteiger partial charge is 0.344 e.